The first-order valence-electron chi connectivity index (χ1n) is 12.5. The molecule has 2 aromatic carbocycles. The third-order valence-corrected chi connectivity index (χ3v) is 6.55. The quantitative estimate of drug-likeness (QED) is 0.180. The van der Waals surface area contributed by atoms with Crippen LogP contribution in [0, 0.1) is 25.6 Å². The summed E-state index contributed by atoms with van der Waals surface area (Å²) in [6, 6.07) is 10.9. The molecule has 2 atom stereocenters. The second-order valence-corrected chi connectivity index (χ2v) is 10.5. The molecule has 1 amide bonds. The third-order valence-electron chi connectivity index (χ3n) is 6.55. The van der Waals surface area contributed by atoms with E-state index < -0.39 is 45.1 Å². The molecule has 2 aliphatic heterocycles. The molecule has 41 heavy (non-hydrogen) atoms. The summed E-state index contributed by atoms with van der Waals surface area (Å²) in [6.45, 7) is 6.40. The molecule has 0 saturated carbocycles. The van der Waals surface area contributed by atoms with Crippen LogP contribution in [0.15, 0.2) is 60.0 Å². The predicted octanol–water partition coefficient (Wildman–Crippen LogP) is 4.50. The molecule has 2 aliphatic rings. The monoisotopic (exact) mass is 569 g/mol. The van der Waals surface area contributed by atoms with Crippen LogP contribution in [-0.2, 0) is 41.8 Å². The molecule has 0 spiro atoms. The number of allylic oxidation sites excluding steroid dienone is 1. The normalized spacial score (nSPS) is 18.5. The number of fused-ring (bicyclic) bond motifs is 1. The minimum absolute atomic E-state index is 0.110. The minimum atomic E-state index is -1.49. The highest BCUT2D eigenvalue weighted by Crippen LogP contribution is 2.52. The Kier molecular flexibility index (Phi) is 7.68. The number of ether oxygens (including phenoxy) is 4. The van der Waals surface area contributed by atoms with Gasteiger partial charge in [-0.2, -0.15) is 0 Å². The highest BCUT2D eigenvalue weighted by molar-refractivity contribution is 5.99. The second kappa shape index (κ2) is 10.9. The molecule has 14 heteroatoms. The average Bonchev–Trinajstić information content (AvgIpc) is 3.21. The molecule has 0 aliphatic carbocycles. The standard InChI is InChI=1S/C27H27N3O11/c1-16(40-25(33)39-15-18-7-11-20(12-8-18)30(36)37)27-13-21(31)28(27)22(23(41-27)26(2,3)4)24(32)38-14-17-5-9-19(10-6-17)29(34)35/h5-12,16H,13-15H2,1-4H3. The van der Waals surface area contributed by atoms with E-state index in [1.54, 1.807) is 20.8 Å². The van der Waals surface area contributed by atoms with Crippen LogP contribution in [0.3, 0.4) is 0 Å². The van der Waals surface area contributed by atoms with Crippen molar-refractivity contribution in [2.45, 2.75) is 59.2 Å². The molecule has 0 N–H and O–H groups in total. The summed E-state index contributed by atoms with van der Waals surface area (Å²) in [4.78, 5) is 60.2. The summed E-state index contributed by atoms with van der Waals surface area (Å²) in [5, 5.41) is 21.7. The van der Waals surface area contributed by atoms with Crippen LogP contribution >= 0.6 is 0 Å². The van der Waals surface area contributed by atoms with E-state index in [2.05, 4.69) is 0 Å². The van der Waals surface area contributed by atoms with Gasteiger partial charge < -0.3 is 18.9 Å². The van der Waals surface area contributed by atoms with E-state index in [-0.39, 0.29) is 42.5 Å². The maximum Gasteiger partial charge on any atom is 0.509 e. The van der Waals surface area contributed by atoms with Crippen molar-refractivity contribution >= 4 is 29.4 Å². The van der Waals surface area contributed by atoms with E-state index in [1.807, 2.05) is 0 Å². The Morgan fingerprint density at radius 3 is 1.88 bits per heavy atom. The van der Waals surface area contributed by atoms with E-state index in [4.69, 9.17) is 18.9 Å². The number of hydrogen-bond donors (Lipinski definition) is 0. The van der Waals surface area contributed by atoms with Crippen LogP contribution in [0.4, 0.5) is 16.2 Å². The number of carbonyl (C=O) groups excluding carboxylic acids is 3. The lowest BCUT2D eigenvalue weighted by Gasteiger charge is -2.48. The number of hydrogen-bond acceptors (Lipinski definition) is 11. The Bertz CT molecular complexity index is 1430. The van der Waals surface area contributed by atoms with Gasteiger partial charge in [-0.25, -0.2) is 9.59 Å². The zero-order chi connectivity index (χ0) is 30.1. The van der Waals surface area contributed by atoms with Crippen LogP contribution in [0.25, 0.3) is 0 Å². The fourth-order valence-corrected chi connectivity index (χ4v) is 4.38. The number of non-ortho nitro benzene ring substituents is 2. The van der Waals surface area contributed by atoms with Crippen molar-refractivity contribution in [1.82, 2.24) is 4.90 Å². The molecule has 2 heterocycles. The molecule has 1 fully saturated rings. The van der Waals surface area contributed by atoms with Gasteiger partial charge in [0.05, 0.1) is 16.3 Å². The molecule has 0 aromatic heterocycles. The molecule has 1 saturated heterocycles. The molecule has 4 rings (SSSR count). The van der Waals surface area contributed by atoms with Gasteiger partial charge in [0.1, 0.15) is 19.0 Å². The predicted molar refractivity (Wildman–Crippen MR) is 138 cm³/mol. The van der Waals surface area contributed by atoms with Crippen molar-refractivity contribution in [2.75, 3.05) is 0 Å². The van der Waals surface area contributed by atoms with Crippen molar-refractivity contribution in [3.05, 3.63) is 91.3 Å². The molecule has 2 unspecified atom stereocenters. The van der Waals surface area contributed by atoms with Gasteiger partial charge in [0.25, 0.3) is 11.4 Å². The zero-order valence-electron chi connectivity index (χ0n) is 22.6. The molecule has 0 radical (unpaired) electrons. The largest absolute Gasteiger partial charge is 0.509 e. The number of nitro groups is 2. The van der Waals surface area contributed by atoms with Gasteiger partial charge in [-0.05, 0) is 42.3 Å². The first-order chi connectivity index (χ1) is 19.2. The van der Waals surface area contributed by atoms with Gasteiger partial charge >= 0.3 is 12.1 Å². The molecular weight excluding hydrogens is 542 g/mol. The fraction of sp³-hybridized carbons (Fsp3) is 0.370. The summed E-state index contributed by atoms with van der Waals surface area (Å²) in [5.74, 6) is -1.12. The number of β-lactam (4-membered cyclic amide) rings is 1. The summed E-state index contributed by atoms with van der Waals surface area (Å²) < 4.78 is 22.2. The second-order valence-electron chi connectivity index (χ2n) is 10.5. The van der Waals surface area contributed by atoms with Crippen LogP contribution < -0.4 is 0 Å². The van der Waals surface area contributed by atoms with Gasteiger partial charge in [0, 0.05) is 29.7 Å². The molecule has 14 nitrogen and oxygen atoms in total. The summed E-state index contributed by atoms with van der Waals surface area (Å²) >= 11 is 0. The molecule has 2 aromatic rings. The van der Waals surface area contributed by atoms with Crippen molar-refractivity contribution < 1.29 is 43.2 Å². The highest BCUT2D eigenvalue weighted by Gasteiger charge is 2.67. The van der Waals surface area contributed by atoms with Gasteiger partial charge in [-0.15, -0.1) is 0 Å². The Morgan fingerprint density at radius 1 is 0.951 bits per heavy atom. The third kappa shape index (κ3) is 5.81. The average molecular weight is 570 g/mol. The Morgan fingerprint density at radius 2 is 1.44 bits per heavy atom. The molecule has 0 bridgehead atoms. The van der Waals surface area contributed by atoms with Crippen LogP contribution in [0.1, 0.15) is 45.2 Å². The minimum Gasteiger partial charge on any atom is -0.464 e. The van der Waals surface area contributed by atoms with E-state index in [0.717, 1.165) is 4.90 Å². The van der Waals surface area contributed by atoms with Gasteiger partial charge in [-0.1, -0.05) is 20.8 Å². The van der Waals surface area contributed by atoms with E-state index >= 15 is 0 Å². The maximum atomic E-state index is 13.3. The number of nitrogens with zero attached hydrogens (tertiary/aromatic N) is 3. The van der Waals surface area contributed by atoms with Gasteiger partial charge in [-0.3, -0.25) is 29.9 Å². The highest BCUT2D eigenvalue weighted by atomic mass is 16.7. The first-order valence-corrected chi connectivity index (χ1v) is 12.5. The number of rotatable bonds is 9. The SMILES string of the molecule is CC(OC(=O)OCc1ccc([N+](=O)[O-])cc1)C12CC(=O)N1C(C(=O)OCc1ccc([N+](=O)[O-])cc1)=C(C(C)(C)C)O2. The molecule has 216 valence electrons. The smallest absolute Gasteiger partial charge is 0.464 e. The van der Waals surface area contributed by atoms with Gasteiger partial charge in [0.2, 0.25) is 11.6 Å². The van der Waals surface area contributed by atoms with Crippen LogP contribution in [0.5, 0.6) is 0 Å². The van der Waals surface area contributed by atoms with E-state index in [1.165, 1.54) is 55.5 Å². The Hall–Kier alpha value is -5.01. The summed E-state index contributed by atoms with van der Waals surface area (Å²) in [7, 11) is 0. The van der Waals surface area contributed by atoms with E-state index in [9.17, 15) is 34.6 Å². The van der Waals surface area contributed by atoms with Crippen LogP contribution in [0.2, 0.25) is 0 Å². The van der Waals surface area contributed by atoms with Crippen molar-refractivity contribution in [3.63, 3.8) is 0 Å². The number of nitro benzene ring substituents is 2. The maximum absolute atomic E-state index is 13.3. The Labute approximate surface area is 233 Å². The lowest BCUT2D eigenvalue weighted by atomic mass is 9.91. The number of amides is 1. The summed E-state index contributed by atoms with van der Waals surface area (Å²) in [6.07, 6.45) is -2.32. The van der Waals surface area contributed by atoms with Crippen molar-refractivity contribution in [3.8, 4) is 0 Å². The first kappa shape index (κ1) is 29.0. The summed E-state index contributed by atoms with van der Waals surface area (Å²) in [5.41, 5.74) is -1.60. The number of esters is 1. The lowest BCUT2D eigenvalue weighted by molar-refractivity contribution is -0.385. The fourth-order valence-electron chi connectivity index (χ4n) is 4.38. The zero-order valence-corrected chi connectivity index (χ0v) is 22.6. The van der Waals surface area contributed by atoms with Crippen molar-refractivity contribution in [1.29, 1.82) is 0 Å². The van der Waals surface area contributed by atoms with Crippen LogP contribution in [-0.4, -0.2) is 44.6 Å². The lowest BCUT2D eigenvalue weighted by Crippen LogP contribution is -2.67. The topological polar surface area (TPSA) is 178 Å². The van der Waals surface area contributed by atoms with Crippen molar-refractivity contribution in [2.24, 2.45) is 5.41 Å². The van der Waals surface area contributed by atoms with Gasteiger partial charge in [0.15, 0.2) is 11.8 Å². The number of benzene rings is 2. The van der Waals surface area contributed by atoms with E-state index in [0.29, 0.717) is 11.1 Å². The Balaban J connectivity index is 1.45. The molecular formula is C27H27N3O11. The number of carbonyl (C=O) groups is 3.